The van der Waals surface area contributed by atoms with E-state index >= 15 is 0 Å². The zero-order valence-corrected chi connectivity index (χ0v) is 18.6. The Hall–Kier alpha value is -3.80. The highest BCUT2D eigenvalue weighted by Crippen LogP contribution is 2.39. The maximum atomic E-state index is 13.1. The smallest absolute Gasteiger partial charge is 0.271 e. The summed E-state index contributed by atoms with van der Waals surface area (Å²) in [6.07, 6.45) is 0. The molecule has 164 valence electrons. The van der Waals surface area contributed by atoms with E-state index in [1.54, 1.807) is 45.0 Å². The van der Waals surface area contributed by atoms with Gasteiger partial charge in [-0.15, -0.1) is 0 Å². The number of amides is 2. The van der Waals surface area contributed by atoms with E-state index in [9.17, 15) is 9.59 Å². The molecule has 0 radical (unpaired) electrons. The van der Waals surface area contributed by atoms with Crippen LogP contribution in [0.1, 0.15) is 26.3 Å². The topological polar surface area (TPSA) is 67.9 Å². The van der Waals surface area contributed by atoms with Crippen molar-refractivity contribution < 1.29 is 19.1 Å². The molecule has 1 aliphatic rings. The number of fused-ring (bicyclic) bond motifs is 1. The zero-order valence-electron chi connectivity index (χ0n) is 18.6. The quantitative estimate of drug-likeness (QED) is 0.595. The standard InChI is InChI=1S/C26H26N2O4/c1-17-10-15-23-22(16-17)28(25(30)26(3,4)32-23)18(2)24(29)27-19-11-13-21(14-12-19)31-20-8-6-5-7-9-20/h5-16,18H,1-4H3,(H,27,29). The summed E-state index contributed by atoms with van der Waals surface area (Å²) in [5, 5.41) is 2.89. The van der Waals surface area contributed by atoms with Gasteiger partial charge in [0, 0.05) is 5.69 Å². The molecule has 1 unspecified atom stereocenters. The van der Waals surface area contributed by atoms with Gasteiger partial charge in [-0.25, -0.2) is 0 Å². The first kappa shape index (κ1) is 21.4. The Balaban J connectivity index is 1.51. The summed E-state index contributed by atoms with van der Waals surface area (Å²) < 4.78 is 11.7. The first-order chi connectivity index (χ1) is 15.2. The second-order valence-corrected chi connectivity index (χ2v) is 8.36. The predicted molar refractivity (Wildman–Crippen MR) is 124 cm³/mol. The van der Waals surface area contributed by atoms with E-state index in [0.29, 0.717) is 22.9 Å². The van der Waals surface area contributed by atoms with Gasteiger partial charge in [-0.1, -0.05) is 24.3 Å². The summed E-state index contributed by atoms with van der Waals surface area (Å²) in [5.41, 5.74) is 1.13. The third-order valence-electron chi connectivity index (χ3n) is 5.34. The Morgan fingerprint density at radius 1 is 1.00 bits per heavy atom. The highest BCUT2D eigenvalue weighted by molar-refractivity contribution is 6.09. The first-order valence-electron chi connectivity index (χ1n) is 10.5. The summed E-state index contributed by atoms with van der Waals surface area (Å²) in [7, 11) is 0. The second kappa shape index (κ2) is 8.38. The van der Waals surface area contributed by atoms with Crippen LogP contribution in [0.2, 0.25) is 0 Å². The lowest BCUT2D eigenvalue weighted by atomic mass is 10.0. The predicted octanol–water partition coefficient (Wildman–Crippen LogP) is 5.32. The number of benzene rings is 3. The average molecular weight is 431 g/mol. The van der Waals surface area contributed by atoms with Gasteiger partial charge in [0.05, 0.1) is 5.69 Å². The number of anilines is 2. The van der Waals surface area contributed by atoms with Gasteiger partial charge in [0.1, 0.15) is 23.3 Å². The molecule has 0 spiro atoms. The summed E-state index contributed by atoms with van der Waals surface area (Å²) in [6.45, 7) is 7.07. The van der Waals surface area contributed by atoms with Gasteiger partial charge in [0.25, 0.3) is 5.91 Å². The van der Waals surface area contributed by atoms with Crippen LogP contribution in [0.5, 0.6) is 17.2 Å². The van der Waals surface area contributed by atoms with Gasteiger partial charge in [-0.3, -0.25) is 14.5 Å². The highest BCUT2D eigenvalue weighted by Gasteiger charge is 2.44. The van der Waals surface area contributed by atoms with E-state index in [1.807, 2.05) is 55.5 Å². The van der Waals surface area contributed by atoms with E-state index in [0.717, 1.165) is 11.3 Å². The highest BCUT2D eigenvalue weighted by atomic mass is 16.5. The number of carbonyl (C=O) groups is 2. The van der Waals surface area contributed by atoms with Crippen LogP contribution < -0.4 is 19.7 Å². The first-order valence-corrected chi connectivity index (χ1v) is 10.5. The molecule has 3 aromatic rings. The van der Waals surface area contributed by atoms with Crippen LogP contribution in [0.3, 0.4) is 0 Å². The van der Waals surface area contributed by atoms with Crippen LogP contribution in [0.4, 0.5) is 11.4 Å². The minimum absolute atomic E-state index is 0.259. The fraction of sp³-hybridized carbons (Fsp3) is 0.231. The lowest BCUT2D eigenvalue weighted by molar-refractivity contribution is -0.134. The molecule has 32 heavy (non-hydrogen) atoms. The van der Waals surface area contributed by atoms with Crippen molar-refractivity contribution in [1.29, 1.82) is 0 Å². The van der Waals surface area contributed by atoms with Gasteiger partial charge in [-0.05, 0) is 81.8 Å². The fourth-order valence-corrected chi connectivity index (χ4v) is 3.60. The number of aryl methyl sites for hydroxylation is 1. The van der Waals surface area contributed by atoms with Crippen LogP contribution >= 0.6 is 0 Å². The van der Waals surface area contributed by atoms with Gasteiger partial charge >= 0.3 is 0 Å². The van der Waals surface area contributed by atoms with Crippen molar-refractivity contribution in [1.82, 2.24) is 0 Å². The maximum Gasteiger partial charge on any atom is 0.271 e. The van der Waals surface area contributed by atoms with E-state index in [4.69, 9.17) is 9.47 Å². The molecule has 1 heterocycles. The second-order valence-electron chi connectivity index (χ2n) is 8.36. The summed E-state index contributed by atoms with van der Waals surface area (Å²) in [5.74, 6) is 1.43. The van der Waals surface area contributed by atoms with Crippen molar-refractivity contribution >= 4 is 23.2 Å². The summed E-state index contributed by atoms with van der Waals surface area (Å²) in [6, 6.07) is 21.5. The van der Waals surface area contributed by atoms with Crippen molar-refractivity contribution in [2.45, 2.75) is 39.3 Å². The van der Waals surface area contributed by atoms with Gasteiger partial charge in [-0.2, -0.15) is 0 Å². The molecule has 4 rings (SSSR count). The third-order valence-corrected chi connectivity index (χ3v) is 5.34. The van der Waals surface area contributed by atoms with E-state index in [2.05, 4.69) is 5.32 Å². The molecule has 0 bridgehead atoms. The Kier molecular flexibility index (Phi) is 5.61. The Morgan fingerprint density at radius 2 is 1.66 bits per heavy atom. The van der Waals surface area contributed by atoms with Crippen molar-refractivity contribution in [3.05, 3.63) is 78.4 Å². The molecule has 6 nitrogen and oxygen atoms in total. The lowest BCUT2D eigenvalue weighted by Crippen LogP contribution is -2.57. The fourth-order valence-electron chi connectivity index (χ4n) is 3.60. The van der Waals surface area contributed by atoms with Crippen molar-refractivity contribution in [2.75, 3.05) is 10.2 Å². The Morgan fingerprint density at radius 3 is 2.34 bits per heavy atom. The molecular formula is C26H26N2O4. The maximum absolute atomic E-state index is 13.1. The van der Waals surface area contributed by atoms with Crippen LogP contribution in [0.15, 0.2) is 72.8 Å². The van der Waals surface area contributed by atoms with Crippen molar-refractivity contribution in [3.63, 3.8) is 0 Å². The summed E-state index contributed by atoms with van der Waals surface area (Å²) >= 11 is 0. The van der Waals surface area contributed by atoms with Gasteiger partial charge in [0.15, 0.2) is 5.60 Å². The molecule has 0 aromatic heterocycles. The summed E-state index contributed by atoms with van der Waals surface area (Å²) in [4.78, 5) is 27.7. The molecule has 1 N–H and O–H groups in total. The van der Waals surface area contributed by atoms with E-state index < -0.39 is 11.6 Å². The van der Waals surface area contributed by atoms with Crippen LogP contribution in [0.25, 0.3) is 0 Å². The molecule has 0 saturated carbocycles. The molecule has 6 heteroatoms. The van der Waals surface area contributed by atoms with Crippen molar-refractivity contribution in [2.24, 2.45) is 0 Å². The number of hydrogen-bond acceptors (Lipinski definition) is 4. The average Bonchev–Trinajstić information content (AvgIpc) is 2.77. The van der Waals surface area contributed by atoms with E-state index in [-0.39, 0.29) is 11.8 Å². The largest absolute Gasteiger partial charge is 0.476 e. The molecule has 0 saturated heterocycles. The third kappa shape index (κ3) is 4.30. The Labute approximate surface area is 187 Å². The monoisotopic (exact) mass is 430 g/mol. The van der Waals surface area contributed by atoms with Gasteiger partial charge in [0.2, 0.25) is 5.91 Å². The molecule has 3 aromatic carbocycles. The molecule has 1 aliphatic heterocycles. The van der Waals surface area contributed by atoms with Gasteiger partial charge < -0.3 is 14.8 Å². The van der Waals surface area contributed by atoms with Crippen LogP contribution in [-0.4, -0.2) is 23.5 Å². The molecule has 1 atom stereocenters. The normalized spacial score (nSPS) is 15.4. The minimum Gasteiger partial charge on any atom is -0.476 e. The lowest BCUT2D eigenvalue weighted by Gasteiger charge is -2.41. The minimum atomic E-state index is -1.06. The number of ether oxygens (including phenoxy) is 2. The van der Waals surface area contributed by atoms with Crippen molar-refractivity contribution in [3.8, 4) is 17.2 Å². The SMILES string of the molecule is Cc1ccc2c(c1)N(C(C)C(=O)Nc1ccc(Oc3ccccc3)cc1)C(=O)C(C)(C)O2. The molecule has 0 aliphatic carbocycles. The Bertz CT molecular complexity index is 1140. The number of rotatable bonds is 5. The molecule has 2 amide bonds. The van der Waals surface area contributed by atoms with Crippen LogP contribution in [-0.2, 0) is 9.59 Å². The number of para-hydroxylation sites is 1. The molecular weight excluding hydrogens is 404 g/mol. The van der Waals surface area contributed by atoms with E-state index in [1.165, 1.54) is 4.90 Å². The number of nitrogens with zero attached hydrogens (tertiary/aromatic N) is 1. The van der Waals surface area contributed by atoms with Crippen LogP contribution in [0, 0.1) is 6.92 Å². The zero-order chi connectivity index (χ0) is 22.9. The number of carbonyl (C=O) groups excluding carboxylic acids is 2. The number of nitrogens with one attached hydrogen (secondary N) is 1. The number of hydrogen-bond donors (Lipinski definition) is 1. The molecule has 0 fully saturated rings.